The van der Waals surface area contributed by atoms with Crippen molar-refractivity contribution in [1.82, 2.24) is 5.32 Å². The van der Waals surface area contributed by atoms with Gasteiger partial charge in [0.1, 0.15) is 0 Å². The Morgan fingerprint density at radius 2 is 2.17 bits per heavy atom. The molecule has 1 aliphatic rings. The van der Waals surface area contributed by atoms with E-state index in [1.807, 2.05) is 19.1 Å². The molecule has 2 rings (SSSR count). The molecule has 18 heavy (non-hydrogen) atoms. The summed E-state index contributed by atoms with van der Waals surface area (Å²) in [7, 11) is 0. The van der Waals surface area contributed by atoms with Gasteiger partial charge in [-0.2, -0.15) is 0 Å². The maximum atomic E-state index is 9.61. The molecule has 1 aromatic rings. The summed E-state index contributed by atoms with van der Waals surface area (Å²) in [6.45, 7) is 3.29. The van der Waals surface area contributed by atoms with E-state index in [1.165, 1.54) is 6.42 Å². The van der Waals surface area contributed by atoms with Crippen molar-refractivity contribution in [2.24, 2.45) is 0 Å². The van der Waals surface area contributed by atoms with Crippen molar-refractivity contribution in [3.63, 3.8) is 0 Å². The lowest BCUT2D eigenvalue weighted by Crippen LogP contribution is -2.53. The zero-order chi connectivity index (χ0) is 13.0. The van der Waals surface area contributed by atoms with Gasteiger partial charge in [0, 0.05) is 12.1 Å². The zero-order valence-corrected chi connectivity index (χ0v) is 10.8. The van der Waals surface area contributed by atoms with E-state index in [0.717, 1.165) is 18.4 Å². The van der Waals surface area contributed by atoms with Crippen LogP contribution >= 0.6 is 0 Å². The van der Waals surface area contributed by atoms with Crippen LogP contribution < -0.4 is 10.1 Å². The van der Waals surface area contributed by atoms with Crippen LogP contribution in [0.2, 0.25) is 0 Å². The molecule has 0 aliphatic heterocycles. The molecule has 4 nitrogen and oxygen atoms in total. The molecule has 1 aliphatic carbocycles. The van der Waals surface area contributed by atoms with Crippen molar-refractivity contribution in [3.8, 4) is 11.5 Å². The van der Waals surface area contributed by atoms with Crippen LogP contribution in [0.15, 0.2) is 18.2 Å². The van der Waals surface area contributed by atoms with Gasteiger partial charge in [0.15, 0.2) is 11.5 Å². The highest BCUT2D eigenvalue weighted by Gasteiger charge is 2.35. The SMILES string of the molecule is CCOc1cc(CNC2(CO)CCC2)ccc1O. The molecule has 3 N–H and O–H groups in total. The van der Waals surface area contributed by atoms with E-state index in [9.17, 15) is 10.2 Å². The third-order valence-electron chi connectivity index (χ3n) is 3.60. The van der Waals surface area contributed by atoms with Crippen molar-refractivity contribution in [1.29, 1.82) is 0 Å². The Morgan fingerprint density at radius 1 is 1.39 bits per heavy atom. The zero-order valence-electron chi connectivity index (χ0n) is 10.8. The second-order valence-electron chi connectivity index (χ2n) is 4.88. The smallest absolute Gasteiger partial charge is 0.161 e. The van der Waals surface area contributed by atoms with Gasteiger partial charge in [0.2, 0.25) is 0 Å². The standard InChI is InChI=1S/C14H21NO3/c1-2-18-13-8-11(4-5-12(13)17)9-15-14(10-16)6-3-7-14/h4-5,8,15-17H,2-3,6-7,9-10H2,1H3. The molecule has 0 saturated heterocycles. The largest absolute Gasteiger partial charge is 0.504 e. The van der Waals surface area contributed by atoms with E-state index in [1.54, 1.807) is 6.07 Å². The summed E-state index contributed by atoms with van der Waals surface area (Å²) in [5, 5.41) is 22.4. The molecule has 0 amide bonds. The van der Waals surface area contributed by atoms with Crippen LogP contribution in [0.4, 0.5) is 0 Å². The first-order valence-corrected chi connectivity index (χ1v) is 6.50. The Balaban J connectivity index is 1.98. The van der Waals surface area contributed by atoms with Gasteiger partial charge < -0.3 is 20.3 Å². The van der Waals surface area contributed by atoms with E-state index < -0.39 is 0 Å². The molecular weight excluding hydrogens is 230 g/mol. The summed E-state index contributed by atoms with van der Waals surface area (Å²) in [6.07, 6.45) is 3.23. The second-order valence-corrected chi connectivity index (χ2v) is 4.88. The fourth-order valence-corrected chi connectivity index (χ4v) is 2.22. The number of aromatic hydroxyl groups is 1. The van der Waals surface area contributed by atoms with E-state index in [2.05, 4.69) is 5.32 Å². The van der Waals surface area contributed by atoms with Crippen LogP contribution in [0.5, 0.6) is 11.5 Å². The number of aliphatic hydroxyl groups is 1. The van der Waals surface area contributed by atoms with Crippen LogP contribution in [-0.2, 0) is 6.54 Å². The van der Waals surface area contributed by atoms with Crippen LogP contribution in [0.3, 0.4) is 0 Å². The normalized spacial score (nSPS) is 17.2. The molecular formula is C14H21NO3. The predicted octanol–water partition coefficient (Wildman–Crippen LogP) is 1.80. The highest BCUT2D eigenvalue weighted by molar-refractivity contribution is 5.41. The summed E-state index contributed by atoms with van der Waals surface area (Å²) in [4.78, 5) is 0. The van der Waals surface area contributed by atoms with Gasteiger partial charge in [0.05, 0.1) is 13.2 Å². The number of rotatable bonds is 6. The highest BCUT2D eigenvalue weighted by Crippen LogP contribution is 2.32. The number of aliphatic hydroxyl groups excluding tert-OH is 1. The number of phenolic OH excluding ortho intramolecular Hbond substituents is 1. The Labute approximate surface area is 108 Å². The van der Waals surface area contributed by atoms with Crippen LogP contribution in [0.1, 0.15) is 31.7 Å². The van der Waals surface area contributed by atoms with E-state index in [-0.39, 0.29) is 17.9 Å². The van der Waals surface area contributed by atoms with Crippen molar-refractivity contribution in [2.45, 2.75) is 38.3 Å². The molecule has 0 aromatic heterocycles. The van der Waals surface area contributed by atoms with Gasteiger partial charge in [-0.05, 0) is 43.9 Å². The van der Waals surface area contributed by atoms with Crippen LogP contribution in [-0.4, -0.2) is 29.0 Å². The Morgan fingerprint density at radius 3 is 2.72 bits per heavy atom. The molecule has 0 unspecified atom stereocenters. The van der Waals surface area contributed by atoms with E-state index >= 15 is 0 Å². The summed E-state index contributed by atoms with van der Waals surface area (Å²) < 4.78 is 5.35. The fourth-order valence-electron chi connectivity index (χ4n) is 2.22. The van der Waals surface area contributed by atoms with Crippen LogP contribution in [0, 0.1) is 0 Å². The van der Waals surface area contributed by atoms with Gasteiger partial charge in [-0.3, -0.25) is 0 Å². The van der Waals surface area contributed by atoms with Gasteiger partial charge >= 0.3 is 0 Å². The van der Waals surface area contributed by atoms with Gasteiger partial charge in [-0.1, -0.05) is 6.07 Å². The molecule has 0 bridgehead atoms. The third kappa shape index (κ3) is 2.76. The summed E-state index contributed by atoms with van der Waals surface area (Å²) in [5.74, 6) is 0.685. The molecule has 1 fully saturated rings. The average molecular weight is 251 g/mol. The lowest BCUT2D eigenvalue weighted by Gasteiger charge is -2.41. The minimum atomic E-state index is -0.0936. The molecule has 4 heteroatoms. The molecule has 0 radical (unpaired) electrons. The first-order valence-electron chi connectivity index (χ1n) is 6.50. The summed E-state index contributed by atoms with van der Waals surface area (Å²) in [6, 6.07) is 5.36. The highest BCUT2D eigenvalue weighted by atomic mass is 16.5. The van der Waals surface area contributed by atoms with E-state index in [0.29, 0.717) is 18.9 Å². The number of ether oxygens (including phenoxy) is 1. The lowest BCUT2D eigenvalue weighted by molar-refractivity contribution is 0.0872. The van der Waals surface area contributed by atoms with Gasteiger partial charge in [0.25, 0.3) is 0 Å². The number of phenols is 1. The van der Waals surface area contributed by atoms with Gasteiger partial charge in [-0.25, -0.2) is 0 Å². The summed E-state index contributed by atoms with van der Waals surface area (Å²) >= 11 is 0. The fraction of sp³-hybridized carbons (Fsp3) is 0.571. The number of benzene rings is 1. The molecule has 100 valence electrons. The van der Waals surface area contributed by atoms with Crippen molar-refractivity contribution in [3.05, 3.63) is 23.8 Å². The number of hydrogen-bond acceptors (Lipinski definition) is 4. The van der Waals surface area contributed by atoms with Crippen molar-refractivity contribution >= 4 is 0 Å². The quantitative estimate of drug-likeness (QED) is 0.721. The monoisotopic (exact) mass is 251 g/mol. The van der Waals surface area contributed by atoms with E-state index in [4.69, 9.17) is 4.74 Å². The molecule has 1 saturated carbocycles. The Hall–Kier alpha value is -1.26. The van der Waals surface area contributed by atoms with Crippen LogP contribution in [0.25, 0.3) is 0 Å². The van der Waals surface area contributed by atoms with Crippen molar-refractivity contribution in [2.75, 3.05) is 13.2 Å². The maximum absolute atomic E-state index is 9.61. The molecule has 0 heterocycles. The second kappa shape index (κ2) is 5.59. The van der Waals surface area contributed by atoms with Crippen molar-refractivity contribution < 1.29 is 14.9 Å². The van der Waals surface area contributed by atoms with Gasteiger partial charge in [-0.15, -0.1) is 0 Å². The first kappa shape index (κ1) is 13.2. The third-order valence-corrected chi connectivity index (χ3v) is 3.60. The average Bonchev–Trinajstić information content (AvgIpc) is 2.32. The first-order chi connectivity index (χ1) is 8.69. The summed E-state index contributed by atoms with van der Waals surface area (Å²) in [5.41, 5.74) is 0.958. The Kier molecular flexibility index (Phi) is 4.09. The minimum Gasteiger partial charge on any atom is -0.504 e. The molecule has 1 aromatic carbocycles. The maximum Gasteiger partial charge on any atom is 0.161 e. The number of nitrogens with one attached hydrogen (secondary N) is 1. The Bertz CT molecular complexity index is 397. The molecule has 0 atom stereocenters. The predicted molar refractivity (Wildman–Crippen MR) is 69.8 cm³/mol. The molecule has 0 spiro atoms. The topological polar surface area (TPSA) is 61.7 Å². The minimum absolute atomic E-state index is 0.0936. The number of hydrogen-bond donors (Lipinski definition) is 3. The lowest BCUT2D eigenvalue weighted by atomic mass is 9.77.